The lowest BCUT2D eigenvalue weighted by Crippen LogP contribution is -2.24. The smallest absolute Gasteiger partial charge is 0.298 e. The minimum atomic E-state index is -1.09. The predicted molar refractivity (Wildman–Crippen MR) is 26.8 cm³/mol. The van der Waals surface area contributed by atoms with E-state index in [0.717, 1.165) is 0 Å². The molecular weight excluding hydrogens is 106 g/mol. The molecule has 1 amide bonds. The molecule has 0 aromatic rings. The van der Waals surface area contributed by atoms with E-state index in [1.165, 1.54) is 4.90 Å². The standard InChI is InChI=1S/C5H6NO2/c7-5(8)6-3-1-2-4-6/h1-2H,3-4H2. The average molecular weight is 112 g/mol. The van der Waals surface area contributed by atoms with Crippen LogP contribution < -0.4 is 0 Å². The summed E-state index contributed by atoms with van der Waals surface area (Å²) in [5.41, 5.74) is 0. The minimum Gasteiger partial charge on any atom is -0.298 e. The Bertz CT molecular complexity index is 122. The van der Waals surface area contributed by atoms with Crippen molar-refractivity contribution in [2.24, 2.45) is 0 Å². The Kier molecular flexibility index (Phi) is 1.20. The molecule has 0 unspecified atom stereocenters. The highest BCUT2D eigenvalue weighted by Gasteiger charge is 2.12. The van der Waals surface area contributed by atoms with Gasteiger partial charge in [0.15, 0.2) is 0 Å². The number of nitrogens with zero attached hydrogens (tertiary/aromatic N) is 1. The first-order chi connectivity index (χ1) is 3.80. The Morgan fingerprint density at radius 1 is 1.38 bits per heavy atom. The molecule has 0 atom stereocenters. The molecule has 0 aromatic heterocycles. The van der Waals surface area contributed by atoms with Crippen LogP contribution >= 0.6 is 0 Å². The zero-order valence-electron chi connectivity index (χ0n) is 4.33. The normalized spacial score (nSPS) is 17.2. The van der Waals surface area contributed by atoms with Crippen molar-refractivity contribution in [2.75, 3.05) is 13.1 Å². The van der Waals surface area contributed by atoms with Crippen LogP contribution in [0.3, 0.4) is 0 Å². The van der Waals surface area contributed by atoms with Crippen LogP contribution in [-0.2, 0) is 5.11 Å². The zero-order chi connectivity index (χ0) is 5.98. The van der Waals surface area contributed by atoms with Gasteiger partial charge in [-0.25, -0.2) is 9.90 Å². The van der Waals surface area contributed by atoms with Gasteiger partial charge in [0.1, 0.15) is 0 Å². The third-order valence-electron chi connectivity index (χ3n) is 1.08. The lowest BCUT2D eigenvalue weighted by molar-refractivity contribution is 0.131. The molecule has 0 aromatic carbocycles. The maximum absolute atomic E-state index is 9.98. The molecule has 0 N–H and O–H groups in total. The van der Waals surface area contributed by atoms with Crippen LogP contribution in [0.4, 0.5) is 4.79 Å². The van der Waals surface area contributed by atoms with E-state index in [-0.39, 0.29) is 0 Å². The number of carbonyl (C=O) groups excluding carboxylic acids is 1. The molecule has 1 rings (SSSR count). The average Bonchev–Trinajstić information content (AvgIpc) is 2.12. The van der Waals surface area contributed by atoms with Crippen LogP contribution in [0.15, 0.2) is 12.2 Å². The molecule has 1 radical (unpaired) electrons. The summed E-state index contributed by atoms with van der Waals surface area (Å²) in [5.74, 6) is 0. The first-order valence-electron chi connectivity index (χ1n) is 2.41. The number of hydrogen-bond acceptors (Lipinski definition) is 1. The molecule has 1 aliphatic rings. The van der Waals surface area contributed by atoms with Crippen molar-refractivity contribution in [2.45, 2.75) is 0 Å². The zero-order valence-corrected chi connectivity index (χ0v) is 4.33. The summed E-state index contributed by atoms with van der Waals surface area (Å²) in [7, 11) is 0. The van der Waals surface area contributed by atoms with Gasteiger partial charge in [0.05, 0.1) is 0 Å². The second kappa shape index (κ2) is 1.86. The molecule has 0 aliphatic carbocycles. The fraction of sp³-hybridized carbons (Fsp3) is 0.400. The van der Waals surface area contributed by atoms with Crippen molar-refractivity contribution >= 4 is 6.09 Å². The van der Waals surface area contributed by atoms with Crippen molar-refractivity contribution in [1.29, 1.82) is 0 Å². The Labute approximate surface area is 47.2 Å². The lowest BCUT2D eigenvalue weighted by Gasteiger charge is -2.05. The summed E-state index contributed by atoms with van der Waals surface area (Å²) in [5, 5.41) is 9.98. The van der Waals surface area contributed by atoms with Gasteiger partial charge in [-0.1, -0.05) is 12.2 Å². The number of rotatable bonds is 0. The minimum absolute atomic E-state index is 0.488. The molecule has 43 valence electrons. The van der Waals surface area contributed by atoms with E-state index < -0.39 is 6.09 Å². The molecule has 0 saturated heterocycles. The van der Waals surface area contributed by atoms with Crippen LogP contribution in [0.2, 0.25) is 0 Å². The molecule has 0 bridgehead atoms. The van der Waals surface area contributed by atoms with Crippen molar-refractivity contribution in [1.82, 2.24) is 4.90 Å². The van der Waals surface area contributed by atoms with Crippen molar-refractivity contribution in [3.8, 4) is 0 Å². The van der Waals surface area contributed by atoms with Crippen molar-refractivity contribution < 1.29 is 9.90 Å². The monoisotopic (exact) mass is 112 g/mol. The Balaban J connectivity index is 2.41. The summed E-state index contributed by atoms with van der Waals surface area (Å²) in [6, 6.07) is 0. The number of carbonyl (C=O) groups is 1. The molecule has 3 nitrogen and oxygen atoms in total. The highest BCUT2D eigenvalue weighted by Crippen LogP contribution is 1.97. The topological polar surface area (TPSA) is 40.2 Å². The lowest BCUT2D eigenvalue weighted by atomic mass is 10.6. The van der Waals surface area contributed by atoms with E-state index in [4.69, 9.17) is 0 Å². The van der Waals surface area contributed by atoms with Crippen molar-refractivity contribution in [3.63, 3.8) is 0 Å². The summed E-state index contributed by atoms with van der Waals surface area (Å²) in [6.45, 7) is 0.977. The summed E-state index contributed by atoms with van der Waals surface area (Å²) in [6.07, 6.45) is 2.51. The van der Waals surface area contributed by atoms with Crippen LogP contribution in [0.25, 0.3) is 0 Å². The molecule has 0 saturated carbocycles. The maximum Gasteiger partial charge on any atom is 0.453 e. The molecule has 1 aliphatic heterocycles. The van der Waals surface area contributed by atoms with E-state index in [2.05, 4.69) is 0 Å². The second-order valence-corrected chi connectivity index (χ2v) is 1.64. The van der Waals surface area contributed by atoms with Gasteiger partial charge in [0.25, 0.3) is 0 Å². The number of hydrogen-bond donors (Lipinski definition) is 0. The highest BCUT2D eigenvalue weighted by molar-refractivity contribution is 5.65. The SMILES string of the molecule is [O]C(=O)N1CC=CC1. The van der Waals surface area contributed by atoms with Gasteiger partial charge in [0.2, 0.25) is 0 Å². The third kappa shape index (κ3) is 0.804. The molecule has 1 heterocycles. The van der Waals surface area contributed by atoms with Gasteiger partial charge in [-0.05, 0) is 0 Å². The summed E-state index contributed by atoms with van der Waals surface area (Å²) < 4.78 is 0. The fourth-order valence-corrected chi connectivity index (χ4v) is 0.627. The summed E-state index contributed by atoms with van der Waals surface area (Å²) >= 11 is 0. The fourth-order valence-electron chi connectivity index (χ4n) is 0.627. The molecule has 0 spiro atoms. The van der Waals surface area contributed by atoms with Crippen LogP contribution in [0.5, 0.6) is 0 Å². The summed E-state index contributed by atoms with van der Waals surface area (Å²) in [4.78, 5) is 11.2. The van der Waals surface area contributed by atoms with Gasteiger partial charge in [0, 0.05) is 13.1 Å². The van der Waals surface area contributed by atoms with Gasteiger partial charge in [-0.2, -0.15) is 0 Å². The van der Waals surface area contributed by atoms with Gasteiger partial charge in [-0.15, -0.1) is 0 Å². The van der Waals surface area contributed by atoms with Gasteiger partial charge in [-0.3, -0.25) is 4.90 Å². The van der Waals surface area contributed by atoms with E-state index in [1.54, 1.807) is 12.2 Å². The van der Waals surface area contributed by atoms with E-state index >= 15 is 0 Å². The first kappa shape index (κ1) is 5.15. The number of amides is 1. The molecule has 3 heteroatoms. The predicted octanol–water partition coefficient (Wildman–Crippen LogP) is 0.409. The van der Waals surface area contributed by atoms with Gasteiger partial charge < -0.3 is 0 Å². The highest BCUT2D eigenvalue weighted by atomic mass is 16.4. The Morgan fingerprint density at radius 3 is 2.12 bits per heavy atom. The van der Waals surface area contributed by atoms with Crippen LogP contribution in [-0.4, -0.2) is 24.1 Å². The van der Waals surface area contributed by atoms with Crippen LogP contribution in [0, 0.1) is 0 Å². The molecule has 8 heavy (non-hydrogen) atoms. The van der Waals surface area contributed by atoms with Crippen molar-refractivity contribution in [3.05, 3.63) is 12.2 Å². The maximum atomic E-state index is 9.98. The van der Waals surface area contributed by atoms with E-state index in [9.17, 15) is 9.90 Å². The van der Waals surface area contributed by atoms with E-state index in [0.29, 0.717) is 13.1 Å². The van der Waals surface area contributed by atoms with E-state index in [1.807, 2.05) is 0 Å². The first-order valence-corrected chi connectivity index (χ1v) is 2.41. The largest absolute Gasteiger partial charge is 0.453 e. The van der Waals surface area contributed by atoms with Crippen LogP contribution in [0.1, 0.15) is 0 Å². The third-order valence-corrected chi connectivity index (χ3v) is 1.08. The van der Waals surface area contributed by atoms with Gasteiger partial charge >= 0.3 is 6.09 Å². The Hall–Kier alpha value is -0.990. The Morgan fingerprint density at radius 2 is 1.88 bits per heavy atom. The molecule has 0 fully saturated rings. The second-order valence-electron chi connectivity index (χ2n) is 1.64. The molecular formula is C5H6NO2. The quantitative estimate of drug-likeness (QED) is 0.418.